The highest BCUT2D eigenvalue weighted by atomic mass is 79.9. The fourth-order valence-electron chi connectivity index (χ4n) is 1.32. The maximum atomic E-state index is 12.9. The molecule has 1 nitrogen and oxygen atoms in total. The Balaban J connectivity index is 2.51. The number of alkyl halides is 1. The van der Waals surface area contributed by atoms with Crippen molar-refractivity contribution in [3.63, 3.8) is 0 Å². The van der Waals surface area contributed by atoms with Crippen molar-refractivity contribution in [1.82, 2.24) is 4.98 Å². The van der Waals surface area contributed by atoms with Gasteiger partial charge in [-0.1, -0.05) is 36.7 Å². The molecule has 1 atom stereocenters. The number of hydrogen-bond donors (Lipinski definition) is 0. The monoisotopic (exact) mass is 273 g/mol. The van der Waals surface area contributed by atoms with Gasteiger partial charge in [0.15, 0.2) is 0 Å². The molecule has 0 aromatic carbocycles. The van der Waals surface area contributed by atoms with Crippen molar-refractivity contribution in [2.75, 3.05) is 0 Å². The van der Waals surface area contributed by atoms with Crippen molar-refractivity contribution < 1.29 is 4.39 Å². The average Bonchev–Trinajstić information content (AvgIpc) is 2.12. The van der Waals surface area contributed by atoms with Gasteiger partial charge < -0.3 is 0 Å². The van der Waals surface area contributed by atoms with Gasteiger partial charge in [-0.15, -0.1) is 0 Å². The van der Waals surface area contributed by atoms with E-state index in [1.807, 2.05) is 0 Å². The Morgan fingerprint density at radius 3 is 2.60 bits per heavy atom. The first-order valence-corrected chi connectivity index (χ1v) is 6.04. The Morgan fingerprint density at radius 2 is 2.07 bits per heavy atom. The Labute approximate surface area is 99.2 Å². The van der Waals surface area contributed by atoms with E-state index in [1.54, 1.807) is 12.3 Å². The average molecular weight is 274 g/mol. The van der Waals surface area contributed by atoms with E-state index in [9.17, 15) is 4.39 Å². The first-order valence-electron chi connectivity index (χ1n) is 5.13. The van der Waals surface area contributed by atoms with E-state index in [4.69, 9.17) is 0 Å². The van der Waals surface area contributed by atoms with E-state index in [0.717, 1.165) is 18.4 Å². The molecule has 0 saturated carbocycles. The highest BCUT2D eigenvalue weighted by Crippen LogP contribution is 2.29. The second kappa shape index (κ2) is 5.06. The second-order valence-electron chi connectivity index (χ2n) is 4.88. The summed E-state index contributed by atoms with van der Waals surface area (Å²) in [4.78, 5) is 4.27. The molecule has 0 bridgehead atoms. The maximum absolute atomic E-state index is 12.9. The molecular weight excluding hydrogens is 257 g/mol. The minimum absolute atomic E-state index is 0.237. The topological polar surface area (TPSA) is 12.9 Å². The Bertz CT molecular complexity index is 320. The maximum Gasteiger partial charge on any atom is 0.141 e. The summed E-state index contributed by atoms with van der Waals surface area (Å²) in [6, 6.07) is 1.55. The largest absolute Gasteiger partial charge is 0.261 e. The third-order valence-electron chi connectivity index (χ3n) is 2.39. The number of halogens is 2. The number of rotatable bonds is 3. The number of aromatic nitrogens is 1. The molecule has 15 heavy (non-hydrogen) atoms. The predicted octanol–water partition coefficient (Wildman–Crippen LogP) is 3.96. The van der Waals surface area contributed by atoms with Crippen LogP contribution in [0.2, 0.25) is 0 Å². The first kappa shape index (κ1) is 12.6. The summed E-state index contributed by atoms with van der Waals surface area (Å²) >= 11 is 3.66. The highest BCUT2D eigenvalue weighted by Gasteiger charge is 2.21. The van der Waals surface area contributed by atoms with E-state index in [1.165, 1.54) is 6.20 Å². The number of aryl methyl sites for hydroxylation is 1. The molecular formula is C12H17BrFN. The fraction of sp³-hybridized carbons (Fsp3) is 0.583. The quantitative estimate of drug-likeness (QED) is 0.760. The van der Waals surface area contributed by atoms with Crippen molar-refractivity contribution in [3.8, 4) is 0 Å². The van der Waals surface area contributed by atoms with Gasteiger partial charge in [0.2, 0.25) is 0 Å². The zero-order valence-corrected chi connectivity index (χ0v) is 11.0. The van der Waals surface area contributed by atoms with Crippen molar-refractivity contribution in [1.29, 1.82) is 0 Å². The molecule has 1 rings (SSSR count). The molecule has 1 aromatic heterocycles. The van der Waals surface area contributed by atoms with Crippen LogP contribution in [0.5, 0.6) is 0 Å². The van der Waals surface area contributed by atoms with Gasteiger partial charge in [-0.2, -0.15) is 0 Å². The first-order chi connectivity index (χ1) is 6.89. The lowest BCUT2D eigenvalue weighted by Crippen LogP contribution is -2.20. The molecule has 0 saturated heterocycles. The van der Waals surface area contributed by atoms with Crippen LogP contribution in [0.3, 0.4) is 0 Å². The third-order valence-corrected chi connectivity index (χ3v) is 4.22. The van der Waals surface area contributed by atoms with E-state index in [0.29, 0.717) is 4.83 Å². The molecule has 1 aromatic rings. The lowest BCUT2D eigenvalue weighted by atomic mass is 9.89. The molecule has 0 spiro atoms. The summed E-state index contributed by atoms with van der Waals surface area (Å²) in [5, 5.41) is 0. The Kier molecular flexibility index (Phi) is 4.26. The zero-order valence-electron chi connectivity index (χ0n) is 9.43. The minimum Gasteiger partial charge on any atom is -0.261 e. The van der Waals surface area contributed by atoms with Crippen LogP contribution in [0.15, 0.2) is 18.5 Å². The van der Waals surface area contributed by atoms with Gasteiger partial charge in [-0.05, 0) is 29.9 Å². The summed E-state index contributed by atoms with van der Waals surface area (Å²) in [7, 11) is 0. The lowest BCUT2D eigenvalue weighted by molar-refractivity contribution is 0.385. The van der Waals surface area contributed by atoms with Crippen molar-refractivity contribution in [2.24, 2.45) is 5.41 Å². The van der Waals surface area contributed by atoms with Crippen LogP contribution >= 0.6 is 15.9 Å². The molecule has 0 N–H and O–H groups in total. The zero-order chi connectivity index (χ0) is 11.5. The normalized spacial score (nSPS) is 13.9. The Hall–Kier alpha value is -0.440. The lowest BCUT2D eigenvalue weighted by Gasteiger charge is -2.25. The molecule has 1 heterocycles. The van der Waals surface area contributed by atoms with Gasteiger partial charge in [-0.25, -0.2) is 4.39 Å². The van der Waals surface area contributed by atoms with Gasteiger partial charge in [0.05, 0.1) is 6.20 Å². The van der Waals surface area contributed by atoms with E-state index < -0.39 is 0 Å². The third kappa shape index (κ3) is 4.29. The van der Waals surface area contributed by atoms with Crippen LogP contribution in [0.1, 0.15) is 32.8 Å². The molecule has 0 aliphatic rings. The van der Waals surface area contributed by atoms with E-state index >= 15 is 0 Å². The molecule has 0 amide bonds. The van der Waals surface area contributed by atoms with Crippen LogP contribution in [0.4, 0.5) is 4.39 Å². The van der Waals surface area contributed by atoms with Gasteiger partial charge in [0.1, 0.15) is 5.82 Å². The van der Waals surface area contributed by atoms with Crippen molar-refractivity contribution in [2.45, 2.75) is 38.4 Å². The van der Waals surface area contributed by atoms with Crippen LogP contribution in [-0.2, 0) is 6.42 Å². The smallest absolute Gasteiger partial charge is 0.141 e. The van der Waals surface area contributed by atoms with E-state index in [-0.39, 0.29) is 11.2 Å². The molecule has 1 unspecified atom stereocenters. The number of pyridine rings is 1. The number of nitrogens with zero attached hydrogens (tertiary/aromatic N) is 1. The summed E-state index contributed by atoms with van der Waals surface area (Å²) in [5.74, 6) is -0.255. The number of hydrogen-bond acceptors (Lipinski definition) is 1. The van der Waals surface area contributed by atoms with Crippen molar-refractivity contribution >= 4 is 15.9 Å². The summed E-state index contributed by atoms with van der Waals surface area (Å²) in [6.45, 7) is 6.57. The van der Waals surface area contributed by atoms with Crippen LogP contribution in [-0.4, -0.2) is 9.81 Å². The van der Waals surface area contributed by atoms with Crippen molar-refractivity contribution in [3.05, 3.63) is 29.8 Å². The summed E-state index contributed by atoms with van der Waals surface area (Å²) in [5.41, 5.74) is 1.20. The molecule has 0 aliphatic carbocycles. The standard InChI is InChI=1S/C12H17BrFN/c1-12(2,3)11(13)5-4-9-6-10(14)8-15-7-9/h6-8,11H,4-5H2,1-3H3. The highest BCUT2D eigenvalue weighted by molar-refractivity contribution is 9.09. The predicted molar refractivity (Wildman–Crippen MR) is 64.7 cm³/mol. The summed E-state index contributed by atoms with van der Waals surface area (Å²) < 4.78 is 12.9. The minimum atomic E-state index is -0.255. The molecule has 0 fully saturated rings. The Morgan fingerprint density at radius 1 is 1.40 bits per heavy atom. The van der Waals surface area contributed by atoms with Gasteiger partial charge >= 0.3 is 0 Å². The molecule has 0 radical (unpaired) electrons. The van der Waals surface area contributed by atoms with Crippen LogP contribution in [0, 0.1) is 11.2 Å². The summed E-state index contributed by atoms with van der Waals surface area (Å²) in [6.07, 6.45) is 4.82. The van der Waals surface area contributed by atoms with Crippen LogP contribution < -0.4 is 0 Å². The van der Waals surface area contributed by atoms with Crippen LogP contribution in [0.25, 0.3) is 0 Å². The van der Waals surface area contributed by atoms with Gasteiger partial charge in [0.25, 0.3) is 0 Å². The SMILES string of the molecule is CC(C)(C)C(Br)CCc1cncc(F)c1. The van der Waals surface area contributed by atoms with Gasteiger partial charge in [0, 0.05) is 11.0 Å². The second-order valence-corrected chi connectivity index (χ2v) is 5.99. The molecule has 0 aliphatic heterocycles. The van der Waals surface area contributed by atoms with Gasteiger partial charge in [-0.3, -0.25) is 4.98 Å². The molecule has 3 heteroatoms. The fourth-order valence-corrected chi connectivity index (χ4v) is 1.55. The van der Waals surface area contributed by atoms with E-state index in [2.05, 4.69) is 41.7 Å². The molecule has 84 valence electrons.